The van der Waals surface area contributed by atoms with Crippen LogP contribution in [0.2, 0.25) is 0 Å². The molecule has 1 aliphatic rings. The summed E-state index contributed by atoms with van der Waals surface area (Å²) in [6.45, 7) is 9.63. The van der Waals surface area contributed by atoms with Crippen molar-refractivity contribution in [2.45, 2.75) is 40.2 Å². The summed E-state index contributed by atoms with van der Waals surface area (Å²) in [6, 6.07) is 8.36. The van der Waals surface area contributed by atoms with Crippen molar-refractivity contribution < 1.29 is 0 Å². The Labute approximate surface area is 137 Å². The largest absolute Gasteiger partial charge is 0.382 e. The first-order valence-corrected chi connectivity index (χ1v) is 8.06. The van der Waals surface area contributed by atoms with Crippen molar-refractivity contribution in [2.75, 3.05) is 6.54 Å². The van der Waals surface area contributed by atoms with Gasteiger partial charge in [-0.15, -0.1) is 0 Å². The van der Waals surface area contributed by atoms with Gasteiger partial charge in [0.1, 0.15) is 17.2 Å². The van der Waals surface area contributed by atoms with Gasteiger partial charge >= 0.3 is 0 Å². The van der Waals surface area contributed by atoms with Crippen LogP contribution in [-0.2, 0) is 6.54 Å². The fraction of sp³-hybridized carbons (Fsp3) is 0.389. The Morgan fingerprint density at radius 2 is 1.91 bits per heavy atom. The predicted octanol–water partition coefficient (Wildman–Crippen LogP) is 3.17. The number of hydrogen-bond donors (Lipinski definition) is 1. The van der Waals surface area contributed by atoms with Gasteiger partial charge in [0, 0.05) is 6.54 Å². The summed E-state index contributed by atoms with van der Waals surface area (Å²) < 4.78 is 1.91. The van der Waals surface area contributed by atoms with E-state index < -0.39 is 0 Å². The molecule has 1 aliphatic heterocycles. The van der Waals surface area contributed by atoms with Gasteiger partial charge in [0.2, 0.25) is 0 Å². The molecule has 5 nitrogen and oxygen atoms in total. The van der Waals surface area contributed by atoms with Crippen molar-refractivity contribution in [3.8, 4) is 0 Å². The van der Waals surface area contributed by atoms with Crippen LogP contribution in [-0.4, -0.2) is 27.9 Å². The van der Waals surface area contributed by atoms with Crippen molar-refractivity contribution in [3.05, 3.63) is 46.8 Å². The minimum Gasteiger partial charge on any atom is -0.382 e. The lowest BCUT2D eigenvalue weighted by Gasteiger charge is -2.05. The molecule has 3 rings (SSSR count). The number of nitrogens with zero attached hydrogens (tertiary/aromatic N) is 4. The lowest BCUT2D eigenvalue weighted by Crippen LogP contribution is -2.19. The number of amidine groups is 1. The number of aryl methyl sites for hydroxylation is 2. The monoisotopic (exact) mass is 309 g/mol. The highest BCUT2D eigenvalue weighted by atomic mass is 15.3. The van der Waals surface area contributed by atoms with E-state index in [4.69, 9.17) is 15.8 Å². The zero-order valence-corrected chi connectivity index (χ0v) is 14.2. The third-order valence-electron chi connectivity index (χ3n) is 4.07. The second kappa shape index (κ2) is 5.99. The van der Waals surface area contributed by atoms with Gasteiger partial charge in [0.25, 0.3) is 0 Å². The molecule has 0 amide bonds. The summed E-state index contributed by atoms with van der Waals surface area (Å²) in [5.74, 6) is 0.803. The van der Waals surface area contributed by atoms with Crippen molar-refractivity contribution in [1.82, 2.24) is 9.78 Å². The highest BCUT2D eigenvalue weighted by molar-refractivity contribution is 6.10. The first kappa shape index (κ1) is 15.5. The van der Waals surface area contributed by atoms with Gasteiger partial charge in [-0.25, -0.2) is 4.99 Å². The molecule has 120 valence electrons. The van der Waals surface area contributed by atoms with Crippen LogP contribution in [0.25, 0.3) is 0 Å². The average molecular weight is 309 g/mol. The molecule has 0 aliphatic carbocycles. The fourth-order valence-corrected chi connectivity index (χ4v) is 2.76. The zero-order valence-electron chi connectivity index (χ0n) is 14.2. The van der Waals surface area contributed by atoms with E-state index in [0.29, 0.717) is 12.4 Å². The van der Waals surface area contributed by atoms with E-state index in [1.807, 2.05) is 4.68 Å². The van der Waals surface area contributed by atoms with Gasteiger partial charge in [-0.2, -0.15) is 5.10 Å². The van der Waals surface area contributed by atoms with Gasteiger partial charge in [0.15, 0.2) is 0 Å². The lowest BCUT2D eigenvalue weighted by molar-refractivity contribution is 0.630. The molecule has 0 unspecified atom stereocenters. The van der Waals surface area contributed by atoms with Crippen molar-refractivity contribution in [3.63, 3.8) is 0 Å². The Morgan fingerprint density at radius 3 is 2.52 bits per heavy atom. The molecule has 1 aromatic heterocycles. The van der Waals surface area contributed by atoms with Crippen LogP contribution in [0.4, 0.5) is 5.69 Å². The van der Waals surface area contributed by atoms with Gasteiger partial charge in [-0.3, -0.25) is 9.67 Å². The summed E-state index contributed by atoms with van der Waals surface area (Å²) in [5, 5.41) is 4.69. The molecule has 2 N–H and O–H groups in total. The van der Waals surface area contributed by atoms with Gasteiger partial charge < -0.3 is 5.73 Å². The SMILES string of the molecule is CCn1nc(C(C)C)c2c1C(N)=NCC(c1ccc(C)cc1)=N2. The molecule has 0 saturated carbocycles. The lowest BCUT2D eigenvalue weighted by atomic mass is 10.1. The number of aliphatic imine (C=N–C) groups is 2. The maximum atomic E-state index is 6.22. The molecular weight excluding hydrogens is 286 g/mol. The molecule has 0 fully saturated rings. The number of fused-ring (bicyclic) bond motifs is 1. The van der Waals surface area contributed by atoms with Gasteiger partial charge in [-0.1, -0.05) is 43.7 Å². The summed E-state index contributed by atoms with van der Waals surface area (Å²) in [7, 11) is 0. The number of nitrogens with two attached hydrogens (primary N) is 1. The first-order chi connectivity index (χ1) is 11.0. The smallest absolute Gasteiger partial charge is 0.146 e. The fourth-order valence-electron chi connectivity index (χ4n) is 2.76. The standard InChI is InChI=1S/C18H23N5/c1-5-23-17-16(15(22-23)11(2)3)21-14(10-20-18(17)19)13-8-6-12(4)7-9-13/h6-9,11H,5,10H2,1-4H3,(H2,19,20). The molecule has 0 spiro atoms. The van der Waals surface area contributed by atoms with E-state index in [1.165, 1.54) is 5.56 Å². The van der Waals surface area contributed by atoms with Crippen LogP contribution in [0.5, 0.6) is 0 Å². The average Bonchev–Trinajstić information content (AvgIpc) is 2.82. The third kappa shape index (κ3) is 2.79. The molecule has 0 atom stereocenters. The maximum Gasteiger partial charge on any atom is 0.146 e. The predicted molar refractivity (Wildman–Crippen MR) is 95.0 cm³/mol. The van der Waals surface area contributed by atoms with E-state index in [0.717, 1.165) is 34.9 Å². The molecular formula is C18H23N5. The van der Waals surface area contributed by atoms with Crippen LogP contribution in [0.15, 0.2) is 34.3 Å². The molecule has 1 aromatic carbocycles. The van der Waals surface area contributed by atoms with E-state index >= 15 is 0 Å². The minimum absolute atomic E-state index is 0.283. The van der Waals surface area contributed by atoms with Crippen LogP contribution >= 0.6 is 0 Å². The Hall–Kier alpha value is -2.43. The van der Waals surface area contributed by atoms with Crippen molar-refractivity contribution in [1.29, 1.82) is 0 Å². The minimum atomic E-state index is 0.283. The van der Waals surface area contributed by atoms with E-state index in [9.17, 15) is 0 Å². The van der Waals surface area contributed by atoms with Crippen LogP contribution in [0.1, 0.15) is 49.2 Å². The van der Waals surface area contributed by atoms with Crippen molar-refractivity contribution >= 4 is 17.2 Å². The normalized spacial score (nSPS) is 14.3. The van der Waals surface area contributed by atoms with E-state index in [2.05, 4.69) is 57.0 Å². The number of aromatic nitrogens is 2. The Kier molecular flexibility index (Phi) is 4.03. The summed E-state index contributed by atoms with van der Waals surface area (Å²) >= 11 is 0. The number of rotatable bonds is 3. The summed E-state index contributed by atoms with van der Waals surface area (Å²) in [5.41, 5.74) is 12.2. The van der Waals surface area contributed by atoms with E-state index in [-0.39, 0.29) is 5.92 Å². The molecule has 0 bridgehead atoms. The number of benzene rings is 1. The third-order valence-corrected chi connectivity index (χ3v) is 4.07. The van der Waals surface area contributed by atoms with Crippen LogP contribution < -0.4 is 5.73 Å². The molecule has 0 saturated heterocycles. The number of hydrogen-bond acceptors (Lipinski definition) is 4. The Morgan fingerprint density at radius 1 is 1.22 bits per heavy atom. The van der Waals surface area contributed by atoms with Gasteiger partial charge in [-0.05, 0) is 25.3 Å². The Balaban J connectivity index is 2.19. The van der Waals surface area contributed by atoms with Crippen LogP contribution in [0.3, 0.4) is 0 Å². The zero-order chi connectivity index (χ0) is 16.6. The van der Waals surface area contributed by atoms with Crippen LogP contribution in [0, 0.1) is 6.92 Å². The quantitative estimate of drug-likeness (QED) is 0.946. The Bertz CT molecular complexity index is 778. The van der Waals surface area contributed by atoms with Crippen molar-refractivity contribution in [2.24, 2.45) is 15.7 Å². The highest BCUT2D eigenvalue weighted by Crippen LogP contribution is 2.32. The molecule has 5 heteroatoms. The second-order valence-electron chi connectivity index (χ2n) is 6.18. The highest BCUT2D eigenvalue weighted by Gasteiger charge is 2.24. The van der Waals surface area contributed by atoms with E-state index in [1.54, 1.807) is 0 Å². The maximum absolute atomic E-state index is 6.22. The second-order valence-corrected chi connectivity index (χ2v) is 6.18. The summed E-state index contributed by atoms with van der Waals surface area (Å²) in [4.78, 5) is 9.45. The molecule has 2 heterocycles. The van der Waals surface area contributed by atoms with Gasteiger partial charge in [0.05, 0.1) is 18.0 Å². The summed E-state index contributed by atoms with van der Waals surface area (Å²) in [6.07, 6.45) is 0. The first-order valence-electron chi connectivity index (χ1n) is 8.06. The topological polar surface area (TPSA) is 68.6 Å². The molecule has 23 heavy (non-hydrogen) atoms. The molecule has 2 aromatic rings. The molecule has 0 radical (unpaired) electrons.